The lowest BCUT2D eigenvalue weighted by molar-refractivity contribution is 0.0342. The zero-order chi connectivity index (χ0) is 26.9. The molecular formula is C28H32FN7O3. The van der Waals surface area contributed by atoms with E-state index in [9.17, 15) is 14.3 Å². The van der Waals surface area contributed by atoms with Gasteiger partial charge in [-0.25, -0.2) is 4.98 Å². The van der Waals surface area contributed by atoms with Crippen molar-refractivity contribution in [1.82, 2.24) is 29.2 Å². The number of carbonyl (C=O) groups excluding carboxylic acids is 1. The number of halogens is 1. The molecule has 0 atom stereocenters. The van der Waals surface area contributed by atoms with E-state index >= 15 is 0 Å². The van der Waals surface area contributed by atoms with E-state index in [4.69, 9.17) is 4.74 Å². The van der Waals surface area contributed by atoms with Crippen molar-refractivity contribution < 1.29 is 19.0 Å². The van der Waals surface area contributed by atoms with Crippen molar-refractivity contribution in [1.29, 1.82) is 0 Å². The van der Waals surface area contributed by atoms with E-state index in [1.165, 1.54) is 6.07 Å². The Morgan fingerprint density at radius 2 is 1.97 bits per heavy atom. The highest BCUT2D eigenvalue weighted by atomic mass is 19.1. The summed E-state index contributed by atoms with van der Waals surface area (Å²) in [6, 6.07) is 9.02. The van der Waals surface area contributed by atoms with Crippen LogP contribution in [0, 0.1) is 5.95 Å². The van der Waals surface area contributed by atoms with Gasteiger partial charge in [0.2, 0.25) is 11.6 Å². The molecule has 0 unspecified atom stereocenters. The van der Waals surface area contributed by atoms with Gasteiger partial charge in [0.1, 0.15) is 0 Å². The first-order valence-electron chi connectivity index (χ1n) is 13.4. The highest BCUT2D eigenvalue weighted by Crippen LogP contribution is 2.30. The van der Waals surface area contributed by atoms with Gasteiger partial charge in [-0.1, -0.05) is 6.07 Å². The molecular weight excluding hydrogens is 501 g/mol. The Balaban J connectivity index is 1.39. The van der Waals surface area contributed by atoms with Crippen LogP contribution in [0.25, 0.3) is 22.3 Å². The first kappa shape index (κ1) is 25.6. The second-order valence-electron chi connectivity index (χ2n) is 10.4. The van der Waals surface area contributed by atoms with Gasteiger partial charge in [0.25, 0.3) is 5.91 Å². The van der Waals surface area contributed by atoms with Gasteiger partial charge in [0.05, 0.1) is 42.2 Å². The van der Waals surface area contributed by atoms with Crippen LogP contribution in [0.1, 0.15) is 47.6 Å². The van der Waals surface area contributed by atoms with Crippen LogP contribution in [-0.2, 0) is 18.3 Å². The Bertz CT molecular complexity index is 1560. The molecule has 0 spiro atoms. The van der Waals surface area contributed by atoms with Crippen molar-refractivity contribution in [2.45, 2.75) is 44.4 Å². The summed E-state index contributed by atoms with van der Waals surface area (Å²) >= 11 is 0. The molecule has 4 aromatic rings. The molecule has 4 heterocycles. The smallest absolute Gasteiger partial charge is 0.280 e. The Hall–Kier alpha value is -3.67. The predicted octanol–water partition coefficient (Wildman–Crippen LogP) is 2.95. The van der Waals surface area contributed by atoms with E-state index in [-0.39, 0.29) is 17.7 Å². The van der Waals surface area contributed by atoms with Gasteiger partial charge in [-0.2, -0.15) is 14.5 Å². The summed E-state index contributed by atoms with van der Waals surface area (Å²) < 4.78 is 23.6. The molecule has 1 amide bonds. The number of fused-ring (bicyclic) bond motifs is 1. The number of hydrogen-bond donors (Lipinski definition) is 2. The van der Waals surface area contributed by atoms with Gasteiger partial charge >= 0.3 is 0 Å². The second-order valence-corrected chi connectivity index (χ2v) is 10.4. The van der Waals surface area contributed by atoms with Crippen LogP contribution >= 0.6 is 0 Å². The number of pyridine rings is 1. The number of hydrogen-bond acceptors (Lipinski definition) is 6. The molecule has 2 aliphatic rings. The number of aryl methyl sites for hydroxylation is 1. The molecule has 1 aliphatic heterocycles. The standard InChI is InChI=1S/C28H32FN7O3/c1-34-17-20(15-30-34)23-13-19(14-26(29)31-23)27(38)33-28-32-24-12-18(16-35-8-10-39-11-9-35)2-7-25(24)36(28)21-3-5-22(37)6-4-21/h2,7,12-15,17,21-22,37H,3-6,8-11,16H2,1H3,(H,32,33,38)/t21-,22+. The van der Waals surface area contributed by atoms with Crippen LogP contribution < -0.4 is 5.62 Å². The topological polar surface area (TPSA) is 114 Å². The van der Waals surface area contributed by atoms with E-state index in [2.05, 4.69) is 47.7 Å². The molecule has 2 fully saturated rings. The second kappa shape index (κ2) is 10.8. The van der Waals surface area contributed by atoms with Crippen molar-refractivity contribution >= 4 is 16.9 Å². The highest BCUT2D eigenvalue weighted by molar-refractivity contribution is 5.95. The summed E-state index contributed by atoms with van der Waals surface area (Å²) in [6.07, 6.45) is 5.92. The fourth-order valence-corrected chi connectivity index (χ4v) is 5.55. The minimum atomic E-state index is -0.756. The molecule has 1 aliphatic carbocycles. The molecule has 1 aromatic carbocycles. The molecule has 1 saturated carbocycles. The molecule has 0 bridgehead atoms. The largest absolute Gasteiger partial charge is 0.393 e. The van der Waals surface area contributed by atoms with Gasteiger partial charge in [-0.3, -0.25) is 14.4 Å². The number of carbonyl (C=O) groups is 1. The average molecular weight is 534 g/mol. The van der Waals surface area contributed by atoms with Crippen LogP contribution in [0.15, 0.2) is 47.7 Å². The van der Waals surface area contributed by atoms with E-state index in [0.29, 0.717) is 29.7 Å². The normalized spacial score (nSPS) is 21.1. The SMILES string of the molecule is Cn1cc(-c2cc(C(=O)/N=c3\[nH]c4cc(CN5CCOCC5)ccc4n3[C@H]3CC[C@@H](O)CC3)cc(F)n2)cn1. The van der Waals surface area contributed by atoms with Gasteiger partial charge in [0, 0.05) is 56.1 Å². The molecule has 39 heavy (non-hydrogen) atoms. The van der Waals surface area contributed by atoms with Crippen molar-refractivity contribution in [2.24, 2.45) is 12.0 Å². The Morgan fingerprint density at radius 3 is 2.72 bits per heavy atom. The van der Waals surface area contributed by atoms with E-state index in [1.54, 1.807) is 24.1 Å². The molecule has 1 saturated heterocycles. The third-order valence-corrected chi connectivity index (χ3v) is 7.59. The van der Waals surface area contributed by atoms with Crippen molar-refractivity contribution in [2.75, 3.05) is 26.3 Å². The maximum atomic E-state index is 14.4. The lowest BCUT2D eigenvalue weighted by Crippen LogP contribution is -2.35. The van der Waals surface area contributed by atoms with Crippen LogP contribution in [0.2, 0.25) is 0 Å². The summed E-state index contributed by atoms with van der Waals surface area (Å²) in [6.45, 7) is 4.08. The summed E-state index contributed by atoms with van der Waals surface area (Å²) in [5.74, 6) is -1.32. The fraction of sp³-hybridized carbons (Fsp3) is 0.429. The molecule has 2 N–H and O–H groups in total. The van der Waals surface area contributed by atoms with Gasteiger partial charge in [-0.05, 0) is 49.4 Å². The number of ether oxygens (including phenoxy) is 1. The molecule has 3 aromatic heterocycles. The van der Waals surface area contributed by atoms with Crippen molar-refractivity contribution in [3.63, 3.8) is 0 Å². The Morgan fingerprint density at radius 1 is 1.18 bits per heavy atom. The van der Waals surface area contributed by atoms with E-state index in [0.717, 1.165) is 68.4 Å². The lowest BCUT2D eigenvalue weighted by atomic mass is 9.93. The summed E-state index contributed by atoms with van der Waals surface area (Å²) in [4.78, 5) is 27.5. The zero-order valence-corrected chi connectivity index (χ0v) is 21.9. The lowest BCUT2D eigenvalue weighted by Gasteiger charge is -2.27. The molecule has 204 valence electrons. The number of aromatic amines is 1. The Kier molecular flexibility index (Phi) is 7.11. The third kappa shape index (κ3) is 5.56. The van der Waals surface area contributed by atoms with Crippen molar-refractivity contribution in [3.8, 4) is 11.3 Å². The van der Waals surface area contributed by atoms with Gasteiger partial charge in [0.15, 0.2) is 0 Å². The van der Waals surface area contributed by atoms with E-state index < -0.39 is 11.9 Å². The molecule has 0 radical (unpaired) electrons. The molecule has 11 heteroatoms. The monoisotopic (exact) mass is 533 g/mol. The number of aliphatic hydroxyl groups excluding tert-OH is 1. The number of nitrogens with one attached hydrogen (secondary N) is 1. The summed E-state index contributed by atoms with van der Waals surface area (Å²) in [5, 5.41) is 14.2. The quantitative estimate of drug-likeness (QED) is 0.382. The van der Waals surface area contributed by atoms with Gasteiger partial charge in [-0.15, -0.1) is 0 Å². The number of H-pyrrole nitrogens is 1. The fourth-order valence-electron chi connectivity index (χ4n) is 5.55. The average Bonchev–Trinajstić information content (AvgIpc) is 3.52. The van der Waals surface area contributed by atoms with Crippen LogP contribution in [-0.4, -0.2) is 72.6 Å². The number of aliphatic hydroxyl groups is 1. The summed E-state index contributed by atoms with van der Waals surface area (Å²) in [7, 11) is 1.76. The highest BCUT2D eigenvalue weighted by Gasteiger charge is 2.24. The summed E-state index contributed by atoms with van der Waals surface area (Å²) in [5.41, 5.74) is 4.45. The maximum Gasteiger partial charge on any atom is 0.280 e. The zero-order valence-electron chi connectivity index (χ0n) is 21.9. The third-order valence-electron chi connectivity index (χ3n) is 7.59. The first-order chi connectivity index (χ1) is 18.9. The molecule has 6 rings (SSSR count). The number of imidazole rings is 1. The van der Waals surface area contributed by atoms with Crippen molar-refractivity contribution in [3.05, 3.63) is 65.4 Å². The number of benzene rings is 1. The number of rotatable bonds is 5. The van der Waals surface area contributed by atoms with Crippen LogP contribution in [0.5, 0.6) is 0 Å². The Labute approximate surface area is 224 Å². The number of amides is 1. The van der Waals surface area contributed by atoms with Crippen LogP contribution in [0.4, 0.5) is 4.39 Å². The number of nitrogens with zero attached hydrogens (tertiary/aromatic N) is 6. The minimum absolute atomic E-state index is 0.0823. The minimum Gasteiger partial charge on any atom is -0.393 e. The first-order valence-corrected chi connectivity index (χ1v) is 13.4. The predicted molar refractivity (Wildman–Crippen MR) is 142 cm³/mol. The molecule has 10 nitrogen and oxygen atoms in total. The van der Waals surface area contributed by atoms with Crippen LogP contribution in [0.3, 0.4) is 0 Å². The maximum absolute atomic E-state index is 14.4. The van der Waals surface area contributed by atoms with E-state index in [1.807, 2.05) is 0 Å². The van der Waals surface area contributed by atoms with Gasteiger partial charge < -0.3 is 19.4 Å². The number of morpholine rings is 1. The number of aromatic nitrogens is 5.